The Kier molecular flexibility index (Phi) is 3.04. The Balaban J connectivity index is 2.63. The second-order valence-electron chi connectivity index (χ2n) is 4.41. The molecule has 4 nitrogen and oxygen atoms in total. The average Bonchev–Trinajstić information content (AvgIpc) is 2.27. The van der Waals surface area contributed by atoms with Gasteiger partial charge in [-0.2, -0.15) is 0 Å². The highest BCUT2D eigenvalue weighted by Gasteiger charge is 2.13. The molecule has 2 rings (SSSR count). The fourth-order valence-electron chi connectivity index (χ4n) is 1.74. The molecule has 0 aliphatic carbocycles. The lowest BCUT2D eigenvalue weighted by atomic mass is 10.1. The van der Waals surface area contributed by atoms with Crippen LogP contribution in [0.2, 0.25) is 0 Å². The van der Waals surface area contributed by atoms with Crippen molar-refractivity contribution in [2.75, 3.05) is 0 Å². The molecule has 2 aromatic rings. The van der Waals surface area contributed by atoms with E-state index < -0.39 is 5.97 Å². The van der Waals surface area contributed by atoms with Crippen molar-refractivity contribution in [3.05, 3.63) is 35.8 Å². The molecule has 17 heavy (non-hydrogen) atoms. The van der Waals surface area contributed by atoms with Crippen molar-refractivity contribution in [2.24, 2.45) is 5.92 Å². The molecule has 1 heterocycles. The van der Waals surface area contributed by atoms with Crippen molar-refractivity contribution < 1.29 is 9.90 Å². The molecule has 0 atom stereocenters. The summed E-state index contributed by atoms with van der Waals surface area (Å²) in [5.41, 5.74) is 0.779. The highest BCUT2D eigenvalue weighted by Crippen LogP contribution is 2.16. The van der Waals surface area contributed by atoms with Gasteiger partial charge in [-0.05, 0) is 12.0 Å². The Hall–Kier alpha value is -1.97. The zero-order valence-electron chi connectivity index (χ0n) is 9.84. The third-order valence-corrected chi connectivity index (χ3v) is 2.44. The molecule has 1 aromatic heterocycles. The number of para-hydroxylation sites is 1. The number of nitrogens with zero attached hydrogens (tertiary/aromatic N) is 2. The van der Waals surface area contributed by atoms with Gasteiger partial charge in [-0.3, -0.25) is 0 Å². The van der Waals surface area contributed by atoms with Crippen LogP contribution in [0.1, 0.15) is 30.2 Å². The van der Waals surface area contributed by atoms with Gasteiger partial charge >= 0.3 is 5.97 Å². The summed E-state index contributed by atoms with van der Waals surface area (Å²) < 4.78 is 0. The van der Waals surface area contributed by atoms with Gasteiger partial charge in [0.15, 0.2) is 5.69 Å². The predicted octanol–water partition coefficient (Wildman–Crippen LogP) is 2.53. The Morgan fingerprint density at radius 2 is 2.00 bits per heavy atom. The van der Waals surface area contributed by atoms with Crippen LogP contribution < -0.4 is 0 Å². The molecule has 88 valence electrons. The van der Waals surface area contributed by atoms with Gasteiger partial charge in [-0.15, -0.1) is 0 Å². The Labute approximate surface area is 99.3 Å². The molecule has 0 unspecified atom stereocenters. The summed E-state index contributed by atoms with van der Waals surface area (Å²) in [7, 11) is 0. The van der Waals surface area contributed by atoms with Gasteiger partial charge in [0, 0.05) is 11.8 Å². The molecule has 0 saturated carbocycles. The molecule has 0 fully saturated rings. The molecule has 0 aliphatic heterocycles. The molecule has 0 spiro atoms. The number of carboxylic acid groups (broad SMARTS) is 1. The Morgan fingerprint density at radius 3 is 2.65 bits per heavy atom. The number of aromatic nitrogens is 2. The molecule has 0 saturated heterocycles. The molecule has 0 amide bonds. The molecule has 1 aromatic carbocycles. The number of aromatic carboxylic acids is 1. The monoisotopic (exact) mass is 230 g/mol. The summed E-state index contributed by atoms with van der Waals surface area (Å²) in [6, 6.07) is 7.19. The van der Waals surface area contributed by atoms with E-state index in [0.717, 1.165) is 0 Å². The van der Waals surface area contributed by atoms with E-state index in [1.165, 1.54) is 0 Å². The fourth-order valence-corrected chi connectivity index (χ4v) is 1.74. The van der Waals surface area contributed by atoms with Crippen LogP contribution in [0.15, 0.2) is 24.3 Å². The highest BCUT2D eigenvalue weighted by atomic mass is 16.4. The third-order valence-electron chi connectivity index (χ3n) is 2.44. The number of carboxylic acids is 1. The number of fused-ring (bicyclic) bond motifs is 1. The normalized spacial score (nSPS) is 11.0. The lowest BCUT2D eigenvalue weighted by Gasteiger charge is -2.07. The average molecular weight is 230 g/mol. The van der Waals surface area contributed by atoms with Crippen LogP contribution in [-0.4, -0.2) is 21.0 Å². The van der Waals surface area contributed by atoms with E-state index in [9.17, 15) is 4.79 Å². The van der Waals surface area contributed by atoms with Crippen molar-refractivity contribution in [2.45, 2.75) is 20.3 Å². The first-order valence-corrected chi connectivity index (χ1v) is 5.57. The maximum Gasteiger partial charge on any atom is 0.355 e. The van der Waals surface area contributed by atoms with Gasteiger partial charge in [0.05, 0.1) is 5.52 Å². The Bertz CT molecular complexity index is 564. The van der Waals surface area contributed by atoms with Crippen molar-refractivity contribution >= 4 is 16.9 Å². The van der Waals surface area contributed by atoms with E-state index in [4.69, 9.17) is 5.11 Å². The highest BCUT2D eigenvalue weighted by molar-refractivity contribution is 6.00. The molecule has 0 bridgehead atoms. The van der Waals surface area contributed by atoms with Crippen LogP contribution in [0, 0.1) is 5.92 Å². The summed E-state index contributed by atoms with van der Waals surface area (Å²) >= 11 is 0. The largest absolute Gasteiger partial charge is 0.476 e. The SMILES string of the molecule is CC(C)Cc1nc(C(=O)O)c2ccccc2n1. The summed E-state index contributed by atoms with van der Waals surface area (Å²) in [5, 5.41) is 9.74. The first kappa shape index (κ1) is 11.5. The Morgan fingerprint density at radius 1 is 1.29 bits per heavy atom. The van der Waals surface area contributed by atoms with E-state index >= 15 is 0 Å². The van der Waals surface area contributed by atoms with E-state index in [-0.39, 0.29) is 5.69 Å². The van der Waals surface area contributed by atoms with Gasteiger partial charge in [0.2, 0.25) is 0 Å². The topological polar surface area (TPSA) is 63.1 Å². The smallest absolute Gasteiger partial charge is 0.355 e. The van der Waals surface area contributed by atoms with Gasteiger partial charge in [-0.1, -0.05) is 32.0 Å². The lowest BCUT2D eigenvalue weighted by molar-refractivity contribution is 0.0692. The summed E-state index contributed by atoms with van der Waals surface area (Å²) in [6.45, 7) is 4.11. The molecule has 0 aliphatic rings. The van der Waals surface area contributed by atoms with Crippen molar-refractivity contribution in [1.82, 2.24) is 9.97 Å². The van der Waals surface area contributed by atoms with Gasteiger partial charge in [0.25, 0.3) is 0 Å². The fraction of sp³-hybridized carbons (Fsp3) is 0.308. The lowest BCUT2D eigenvalue weighted by Crippen LogP contribution is -2.08. The van der Waals surface area contributed by atoms with E-state index in [0.29, 0.717) is 29.1 Å². The molecular weight excluding hydrogens is 216 g/mol. The van der Waals surface area contributed by atoms with Crippen molar-refractivity contribution in [3.8, 4) is 0 Å². The van der Waals surface area contributed by atoms with Crippen LogP contribution in [0.4, 0.5) is 0 Å². The van der Waals surface area contributed by atoms with Crippen molar-refractivity contribution in [1.29, 1.82) is 0 Å². The van der Waals surface area contributed by atoms with E-state index in [1.807, 2.05) is 12.1 Å². The minimum Gasteiger partial charge on any atom is -0.476 e. The summed E-state index contributed by atoms with van der Waals surface area (Å²) in [5.74, 6) is -0.0116. The summed E-state index contributed by atoms with van der Waals surface area (Å²) in [6.07, 6.45) is 0.686. The first-order valence-electron chi connectivity index (χ1n) is 5.57. The quantitative estimate of drug-likeness (QED) is 0.880. The first-order chi connectivity index (χ1) is 8.08. The third kappa shape index (κ3) is 2.41. The number of hydrogen-bond acceptors (Lipinski definition) is 3. The summed E-state index contributed by atoms with van der Waals surface area (Å²) in [4.78, 5) is 19.7. The zero-order valence-corrected chi connectivity index (χ0v) is 9.84. The van der Waals surface area contributed by atoms with Gasteiger partial charge < -0.3 is 5.11 Å². The van der Waals surface area contributed by atoms with Crippen LogP contribution >= 0.6 is 0 Å². The van der Waals surface area contributed by atoms with Gasteiger partial charge in [-0.25, -0.2) is 14.8 Å². The molecule has 1 N–H and O–H groups in total. The van der Waals surface area contributed by atoms with Crippen LogP contribution in [0.25, 0.3) is 10.9 Å². The maximum absolute atomic E-state index is 11.2. The van der Waals surface area contributed by atoms with Crippen LogP contribution in [0.3, 0.4) is 0 Å². The second-order valence-corrected chi connectivity index (χ2v) is 4.41. The molecule has 0 radical (unpaired) electrons. The molecule has 4 heteroatoms. The minimum absolute atomic E-state index is 0.0891. The van der Waals surface area contributed by atoms with Crippen LogP contribution in [-0.2, 0) is 6.42 Å². The standard InChI is InChI=1S/C13H14N2O2/c1-8(2)7-11-14-10-6-4-3-5-9(10)12(15-11)13(16)17/h3-6,8H,7H2,1-2H3,(H,16,17). The minimum atomic E-state index is -1.01. The number of rotatable bonds is 3. The van der Waals surface area contributed by atoms with E-state index in [1.54, 1.807) is 12.1 Å². The molecular formula is C13H14N2O2. The van der Waals surface area contributed by atoms with Gasteiger partial charge in [0.1, 0.15) is 5.82 Å². The number of benzene rings is 1. The number of carbonyl (C=O) groups is 1. The maximum atomic E-state index is 11.2. The zero-order chi connectivity index (χ0) is 12.4. The number of hydrogen-bond donors (Lipinski definition) is 1. The predicted molar refractivity (Wildman–Crippen MR) is 65.0 cm³/mol. The van der Waals surface area contributed by atoms with Crippen molar-refractivity contribution in [3.63, 3.8) is 0 Å². The second kappa shape index (κ2) is 4.49. The van der Waals surface area contributed by atoms with Crippen LogP contribution in [0.5, 0.6) is 0 Å². The van der Waals surface area contributed by atoms with E-state index in [2.05, 4.69) is 23.8 Å².